The summed E-state index contributed by atoms with van der Waals surface area (Å²) in [5.41, 5.74) is 2.98. The van der Waals surface area contributed by atoms with E-state index in [4.69, 9.17) is 0 Å². The first kappa shape index (κ1) is 14.6. The fourth-order valence-corrected chi connectivity index (χ4v) is 4.30. The summed E-state index contributed by atoms with van der Waals surface area (Å²) >= 11 is 1.63. The smallest absolute Gasteiger partial charge is 0.264 e. The second-order valence-corrected chi connectivity index (χ2v) is 7.56. The van der Waals surface area contributed by atoms with Gasteiger partial charge in [0.25, 0.3) is 10.2 Å². The van der Waals surface area contributed by atoms with E-state index in [0.717, 1.165) is 29.5 Å². The molecule has 0 radical (unpaired) electrons. The molecule has 2 aromatic rings. The van der Waals surface area contributed by atoms with E-state index in [1.807, 2.05) is 17.5 Å². The predicted molar refractivity (Wildman–Crippen MR) is 84.1 cm³/mol. The number of hydrogen-bond acceptors (Lipinski definition) is 4. The highest BCUT2D eigenvalue weighted by Crippen LogP contribution is 2.22. The average molecular weight is 323 g/mol. The monoisotopic (exact) mass is 323 g/mol. The van der Waals surface area contributed by atoms with Crippen molar-refractivity contribution in [1.29, 1.82) is 0 Å². The normalized spacial score (nSPS) is 16.4. The number of thiophene rings is 1. The third-order valence-corrected chi connectivity index (χ3v) is 5.75. The Hall–Kier alpha value is -1.28. The quantitative estimate of drug-likeness (QED) is 0.918. The van der Waals surface area contributed by atoms with Crippen LogP contribution in [0.25, 0.3) is 11.1 Å². The molecule has 112 valence electrons. The van der Waals surface area contributed by atoms with Crippen LogP contribution < -0.4 is 4.72 Å². The van der Waals surface area contributed by atoms with E-state index >= 15 is 0 Å². The topological polar surface area (TPSA) is 62.3 Å². The standard InChI is InChI=1S/C14H17N3O2S2/c18-21(19,17-4-1-2-5-17)16-9-12-7-14(10-15-8-12)13-3-6-20-11-13/h3,6-8,10-11,16H,1-2,4-5,9H2. The Bertz CT molecular complexity index is 693. The van der Waals surface area contributed by atoms with Gasteiger partial charge in [-0.2, -0.15) is 28.8 Å². The number of nitrogens with zero attached hydrogens (tertiary/aromatic N) is 2. The van der Waals surface area contributed by atoms with Gasteiger partial charge in [0.1, 0.15) is 0 Å². The van der Waals surface area contributed by atoms with Crippen molar-refractivity contribution in [3.63, 3.8) is 0 Å². The van der Waals surface area contributed by atoms with Crippen molar-refractivity contribution in [3.8, 4) is 11.1 Å². The van der Waals surface area contributed by atoms with Crippen LogP contribution in [0.15, 0.2) is 35.3 Å². The Morgan fingerprint density at radius 2 is 2.05 bits per heavy atom. The zero-order valence-electron chi connectivity index (χ0n) is 11.5. The average Bonchev–Trinajstić information content (AvgIpc) is 3.18. The molecule has 21 heavy (non-hydrogen) atoms. The predicted octanol–water partition coefficient (Wildman–Crippen LogP) is 2.24. The molecule has 1 fully saturated rings. The molecule has 0 spiro atoms. The molecule has 5 nitrogen and oxygen atoms in total. The van der Waals surface area contributed by atoms with Crippen molar-refractivity contribution in [2.45, 2.75) is 19.4 Å². The SMILES string of the molecule is O=S(=O)(NCc1cncc(-c2ccsc2)c1)N1CCCC1. The summed E-state index contributed by atoms with van der Waals surface area (Å²) < 4.78 is 28.4. The molecule has 1 aliphatic rings. The molecule has 0 aliphatic carbocycles. The van der Waals surface area contributed by atoms with E-state index in [1.54, 1.807) is 23.7 Å². The Morgan fingerprint density at radius 1 is 1.24 bits per heavy atom. The molecule has 0 amide bonds. The maximum absolute atomic E-state index is 12.1. The molecule has 3 rings (SSSR count). The lowest BCUT2D eigenvalue weighted by molar-refractivity contribution is 0.464. The van der Waals surface area contributed by atoms with Crippen LogP contribution in [-0.4, -0.2) is 30.8 Å². The van der Waals surface area contributed by atoms with Gasteiger partial charge in [-0.1, -0.05) is 0 Å². The largest absolute Gasteiger partial charge is 0.279 e. The van der Waals surface area contributed by atoms with Gasteiger partial charge in [0, 0.05) is 37.6 Å². The van der Waals surface area contributed by atoms with Gasteiger partial charge in [0.15, 0.2) is 0 Å². The van der Waals surface area contributed by atoms with Gasteiger partial charge in [-0.05, 0) is 46.9 Å². The molecule has 3 heterocycles. The van der Waals surface area contributed by atoms with Crippen molar-refractivity contribution in [3.05, 3.63) is 40.8 Å². The van der Waals surface area contributed by atoms with E-state index in [0.29, 0.717) is 13.1 Å². The molecule has 1 saturated heterocycles. The zero-order chi connectivity index (χ0) is 14.7. The van der Waals surface area contributed by atoms with Crippen molar-refractivity contribution in [2.75, 3.05) is 13.1 Å². The summed E-state index contributed by atoms with van der Waals surface area (Å²) in [7, 11) is -3.37. The van der Waals surface area contributed by atoms with E-state index in [2.05, 4.69) is 15.1 Å². The highest BCUT2D eigenvalue weighted by Gasteiger charge is 2.24. The lowest BCUT2D eigenvalue weighted by Crippen LogP contribution is -2.38. The van der Waals surface area contributed by atoms with Crippen molar-refractivity contribution in [1.82, 2.24) is 14.0 Å². The molecule has 7 heteroatoms. The Labute approximate surface area is 128 Å². The van der Waals surface area contributed by atoms with E-state index in [1.165, 1.54) is 4.31 Å². The number of pyridine rings is 1. The van der Waals surface area contributed by atoms with Crippen molar-refractivity contribution >= 4 is 21.5 Å². The van der Waals surface area contributed by atoms with Gasteiger partial charge >= 0.3 is 0 Å². The highest BCUT2D eigenvalue weighted by atomic mass is 32.2. The van der Waals surface area contributed by atoms with E-state index < -0.39 is 10.2 Å². The molecule has 0 bridgehead atoms. The molecule has 1 aliphatic heterocycles. The van der Waals surface area contributed by atoms with Gasteiger partial charge in [-0.3, -0.25) is 4.98 Å². The molecular weight excluding hydrogens is 306 g/mol. The Kier molecular flexibility index (Phi) is 4.34. The van der Waals surface area contributed by atoms with E-state index in [-0.39, 0.29) is 6.54 Å². The van der Waals surface area contributed by atoms with Crippen LogP contribution in [0.3, 0.4) is 0 Å². The first-order valence-electron chi connectivity index (χ1n) is 6.86. The maximum Gasteiger partial charge on any atom is 0.279 e. The first-order chi connectivity index (χ1) is 10.1. The lowest BCUT2D eigenvalue weighted by atomic mass is 10.1. The molecule has 0 atom stereocenters. The second kappa shape index (κ2) is 6.23. The van der Waals surface area contributed by atoms with Crippen LogP contribution in [0.4, 0.5) is 0 Å². The van der Waals surface area contributed by atoms with Crippen LogP contribution >= 0.6 is 11.3 Å². The fraction of sp³-hybridized carbons (Fsp3) is 0.357. The third kappa shape index (κ3) is 3.49. The summed E-state index contributed by atoms with van der Waals surface area (Å²) in [6.07, 6.45) is 5.37. The maximum atomic E-state index is 12.1. The van der Waals surface area contributed by atoms with Gasteiger partial charge < -0.3 is 0 Å². The van der Waals surface area contributed by atoms with Crippen molar-refractivity contribution in [2.24, 2.45) is 0 Å². The van der Waals surface area contributed by atoms with Gasteiger partial charge in [-0.15, -0.1) is 0 Å². The zero-order valence-corrected chi connectivity index (χ0v) is 13.2. The number of aromatic nitrogens is 1. The Morgan fingerprint density at radius 3 is 2.76 bits per heavy atom. The van der Waals surface area contributed by atoms with Gasteiger partial charge in [-0.25, -0.2) is 0 Å². The van der Waals surface area contributed by atoms with Gasteiger partial charge in [0.2, 0.25) is 0 Å². The summed E-state index contributed by atoms with van der Waals surface area (Å²) in [6, 6.07) is 4.00. The summed E-state index contributed by atoms with van der Waals surface area (Å²) in [4.78, 5) is 4.19. The van der Waals surface area contributed by atoms with Crippen molar-refractivity contribution < 1.29 is 8.42 Å². The minimum Gasteiger partial charge on any atom is -0.264 e. The molecule has 1 N–H and O–H groups in total. The Balaban J connectivity index is 1.69. The minimum absolute atomic E-state index is 0.268. The summed E-state index contributed by atoms with van der Waals surface area (Å²) in [6.45, 7) is 1.49. The van der Waals surface area contributed by atoms with E-state index in [9.17, 15) is 8.42 Å². The van der Waals surface area contributed by atoms with Crippen LogP contribution in [0.1, 0.15) is 18.4 Å². The van der Waals surface area contributed by atoms with Crippen LogP contribution in [0, 0.1) is 0 Å². The lowest BCUT2D eigenvalue weighted by Gasteiger charge is -2.16. The third-order valence-electron chi connectivity index (χ3n) is 3.51. The van der Waals surface area contributed by atoms with Gasteiger partial charge in [0.05, 0.1) is 0 Å². The molecule has 0 saturated carbocycles. The number of hydrogen-bond donors (Lipinski definition) is 1. The second-order valence-electron chi connectivity index (χ2n) is 5.03. The summed E-state index contributed by atoms with van der Waals surface area (Å²) in [5, 5.41) is 4.06. The minimum atomic E-state index is -3.37. The fourth-order valence-electron chi connectivity index (χ4n) is 2.37. The molecule has 2 aromatic heterocycles. The molecule has 0 unspecified atom stereocenters. The van der Waals surface area contributed by atoms with Crippen LogP contribution in [-0.2, 0) is 16.8 Å². The number of rotatable bonds is 5. The highest BCUT2D eigenvalue weighted by molar-refractivity contribution is 7.87. The first-order valence-corrected chi connectivity index (χ1v) is 9.25. The number of nitrogens with one attached hydrogen (secondary N) is 1. The van der Waals surface area contributed by atoms with Crippen LogP contribution in [0.5, 0.6) is 0 Å². The van der Waals surface area contributed by atoms with Crippen LogP contribution in [0.2, 0.25) is 0 Å². The summed E-state index contributed by atoms with van der Waals surface area (Å²) in [5.74, 6) is 0. The molecular formula is C14H17N3O2S2. The molecule has 0 aromatic carbocycles.